The van der Waals surface area contributed by atoms with E-state index in [1.165, 1.54) is 6.42 Å². The van der Waals surface area contributed by atoms with E-state index in [9.17, 15) is 0 Å². The van der Waals surface area contributed by atoms with E-state index in [0.29, 0.717) is 12.1 Å². The largest absolute Gasteiger partial charge is 0.383 e. The third-order valence-corrected chi connectivity index (χ3v) is 2.61. The van der Waals surface area contributed by atoms with Crippen molar-refractivity contribution in [3.05, 3.63) is 0 Å². The molecule has 0 aromatic heterocycles. The zero-order valence-corrected chi connectivity index (χ0v) is 11.0. The Balaban J connectivity index is 3.60. The Morgan fingerprint density at radius 2 is 1.93 bits per heavy atom. The summed E-state index contributed by atoms with van der Waals surface area (Å²) in [6, 6.07) is 1.12. The maximum absolute atomic E-state index is 5.17. The summed E-state index contributed by atoms with van der Waals surface area (Å²) < 4.78 is 5.17. The van der Waals surface area contributed by atoms with Crippen molar-refractivity contribution < 1.29 is 4.74 Å². The summed E-state index contributed by atoms with van der Waals surface area (Å²) >= 11 is 0. The van der Waals surface area contributed by atoms with Crippen LogP contribution in [0.1, 0.15) is 34.1 Å². The van der Waals surface area contributed by atoms with Gasteiger partial charge in [-0.25, -0.2) is 0 Å². The minimum Gasteiger partial charge on any atom is -0.383 e. The van der Waals surface area contributed by atoms with Gasteiger partial charge >= 0.3 is 0 Å². The molecule has 3 nitrogen and oxygen atoms in total. The molecule has 0 radical (unpaired) electrons. The van der Waals surface area contributed by atoms with Crippen LogP contribution in [0, 0.1) is 0 Å². The lowest BCUT2D eigenvalue weighted by Gasteiger charge is -2.27. The van der Waals surface area contributed by atoms with Crippen LogP contribution in [-0.2, 0) is 4.74 Å². The van der Waals surface area contributed by atoms with Gasteiger partial charge in [0.25, 0.3) is 0 Å². The van der Waals surface area contributed by atoms with E-state index < -0.39 is 0 Å². The first-order valence-corrected chi connectivity index (χ1v) is 6.08. The van der Waals surface area contributed by atoms with Gasteiger partial charge in [-0.05, 0) is 33.0 Å². The van der Waals surface area contributed by atoms with Gasteiger partial charge in [0.1, 0.15) is 0 Å². The Bertz CT molecular complexity index is 140. The molecule has 0 saturated heterocycles. The van der Waals surface area contributed by atoms with E-state index >= 15 is 0 Å². The van der Waals surface area contributed by atoms with Crippen molar-refractivity contribution in [2.75, 3.05) is 33.4 Å². The predicted molar refractivity (Wildman–Crippen MR) is 66.3 cm³/mol. The number of hydrogen-bond acceptors (Lipinski definition) is 3. The minimum atomic E-state index is 0.527. The van der Waals surface area contributed by atoms with Gasteiger partial charge in [0.05, 0.1) is 6.61 Å². The van der Waals surface area contributed by atoms with Crippen molar-refractivity contribution >= 4 is 0 Å². The molecule has 1 unspecified atom stereocenters. The normalized spacial score (nSPS) is 13.8. The van der Waals surface area contributed by atoms with E-state index in [1.807, 2.05) is 0 Å². The first-order valence-electron chi connectivity index (χ1n) is 6.08. The number of hydrogen-bond donors (Lipinski definition) is 1. The number of methoxy groups -OCH3 is 1. The maximum Gasteiger partial charge on any atom is 0.0615 e. The van der Waals surface area contributed by atoms with Gasteiger partial charge in [0, 0.05) is 19.2 Å². The van der Waals surface area contributed by atoms with Gasteiger partial charge in [-0.1, -0.05) is 20.8 Å². The molecule has 15 heavy (non-hydrogen) atoms. The van der Waals surface area contributed by atoms with E-state index in [2.05, 4.69) is 37.9 Å². The van der Waals surface area contributed by atoms with Gasteiger partial charge in [-0.3, -0.25) is 4.90 Å². The summed E-state index contributed by atoms with van der Waals surface area (Å²) in [6.07, 6.45) is 1.21. The topological polar surface area (TPSA) is 24.5 Å². The van der Waals surface area contributed by atoms with Crippen LogP contribution in [0.25, 0.3) is 0 Å². The van der Waals surface area contributed by atoms with Crippen molar-refractivity contribution in [2.45, 2.75) is 46.2 Å². The lowest BCUT2D eigenvalue weighted by Crippen LogP contribution is -2.38. The highest BCUT2D eigenvalue weighted by Crippen LogP contribution is 2.00. The molecule has 0 rings (SSSR count). The van der Waals surface area contributed by atoms with E-state index in [1.54, 1.807) is 7.11 Å². The summed E-state index contributed by atoms with van der Waals surface area (Å²) in [6.45, 7) is 13.0. The van der Waals surface area contributed by atoms with Crippen molar-refractivity contribution in [1.82, 2.24) is 10.2 Å². The lowest BCUT2D eigenvalue weighted by molar-refractivity contribution is 0.102. The van der Waals surface area contributed by atoms with E-state index in [4.69, 9.17) is 4.74 Å². The molecule has 3 heteroatoms. The molecule has 0 saturated carbocycles. The van der Waals surface area contributed by atoms with Crippen LogP contribution >= 0.6 is 0 Å². The standard InChI is InChI=1S/C12H28N2O/c1-6-14(12(4)10-15-5)9-7-8-13-11(2)3/h11-13H,6-10H2,1-5H3. The van der Waals surface area contributed by atoms with Crippen molar-refractivity contribution in [3.8, 4) is 0 Å². The Kier molecular flexibility index (Phi) is 9.06. The summed E-state index contributed by atoms with van der Waals surface area (Å²) in [5.41, 5.74) is 0. The fourth-order valence-corrected chi connectivity index (χ4v) is 1.71. The van der Waals surface area contributed by atoms with Crippen LogP contribution < -0.4 is 5.32 Å². The third-order valence-electron chi connectivity index (χ3n) is 2.61. The summed E-state index contributed by atoms with van der Waals surface area (Å²) in [4.78, 5) is 2.46. The molecule has 0 aliphatic heterocycles. The first kappa shape index (κ1) is 14.9. The monoisotopic (exact) mass is 216 g/mol. The van der Waals surface area contributed by atoms with Gasteiger partial charge in [0.2, 0.25) is 0 Å². The Labute approximate surface area is 95.2 Å². The fourth-order valence-electron chi connectivity index (χ4n) is 1.71. The Morgan fingerprint density at radius 1 is 1.27 bits per heavy atom. The smallest absolute Gasteiger partial charge is 0.0615 e. The second-order valence-electron chi connectivity index (χ2n) is 4.40. The second-order valence-corrected chi connectivity index (χ2v) is 4.40. The molecule has 1 atom stereocenters. The molecule has 92 valence electrons. The van der Waals surface area contributed by atoms with Crippen LogP contribution in [0.3, 0.4) is 0 Å². The molecule has 0 heterocycles. The van der Waals surface area contributed by atoms with Crippen LogP contribution in [0.4, 0.5) is 0 Å². The Morgan fingerprint density at radius 3 is 2.40 bits per heavy atom. The molecular formula is C12H28N2O. The molecule has 0 amide bonds. The van der Waals surface area contributed by atoms with Crippen molar-refractivity contribution in [2.24, 2.45) is 0 Å². The van der Waals surface area contributed by atoms with Crippen LogP contribution in [0.2, 0.25) is 0 Å². The average molecular weight is 216 g/mol. The molecule has 0 spiro atoms. The van der Waals surface area contributed by atoms with E-state index in [-0.39, 0.29) is 0 Å². The van der Waals surface area contributed by atoms with Gasteiger partial charge in [-0.15, -0.1) is 0 Å². The molecule has 0 bridgehead atoms. The molecule has 0 aliphatic carbocycles. The van der Waals surface area contributed by atoms with Gasteiger partial charge in [0.15, 0.2) is 0 Å². The number of nitrogens with zero attached hydrogens (tertiary/aromatic N) is 1. The molecule has 1 N–H and O–H groups in total. The maximum atomic E-state index is 5.17. The Hall–Kier alpha value is -0.120. The number of rotatable bonds is 9. The van der Waals surface area contributed by atoms with Crippen molar-refractivity contribution in [1.29, 1.82) is 0 Å². The average Bonchev–Trinajstić information content (AvgIpc) is 2.17. The first-order chi connectivity index (χ1) is 7.11. The van der Waals surface area contributed by atoms with Crippen molar-refractivity contribution in [3.63, 3.8) is 0 Å². The van der Waals surface area contributed by atoms with Crippen LogP contribution in [0.5, 0.6) is 0 Å². The van der Waals surface area contributed by atoms with Crippen LogP contribution in [-0.4, -0.2) is 50.3 Å². The highest BCUT2D eigenvalue weighted by atomic mass is 16.5. The molecule has 0 aliphatic rings. The molecule has 0 fully saturated rings. The van der Waals surface area contributed by atoms with Crippen LogP contribution in [0.15, 0.2) is 0 Å². The molecular weight excluding hydrogens is 188 g/mol. The minimum absolute atomic E-state index is 0.527. The SMILES string of the molecule is CCN(CCCNC(C)C)C(C)COC. The number of ether oxygens (including phenoxy) is 1. The lowest BCUT2D eigenvalue weighted by atomic mass is 10.2. The molecule has 0 aromatic rings. The summed E-state index contributed by atoms with van der Waals surface area (Å²) in [5, 5.41) is 3.44. The highest BCUT2D eigenvalue weighted by molar-refractivity contribution is 4.66. The number of likely N-dealkylation sites (N-methyl/N-ethyl adjacent to an activating group) is 1. The fraction of sp³-hybridized carbons (Fsp3) is 1.00. The predicted octanol–water partition coefficient (Wildman–Crippen LogP) is 1.73. The summed E-state index contributed by atoms with van der Waals surface area (Å²) in [5.74, 6) is 0. The van der Waals surface area contributed by atoms with E-state index in [0.717, 1.165) is 26.2 Å². The third kappa shape index (κ3) is 7.77. The summed E-state index contributed by atoms with van der Waals surface area (Å²) in [7, 11) is 1.77. The van der Waals surface area contributed by atoms with Gasteiger partial charge in [-0.2, -0.15) is 0 Å². The second kappa shape index (κ2) is 9.13. The van der Waals surface area contributed by atoms with Gasteiger partial charge < -0.3 is 10.1 Å². The zero-order valence-electron chi connectivity index (χ0n) is 11.0. The number of nitrogens with one attached hydrogen (secondary N) is 1. The highest BCUT2D eigenvalue weighted by Gasteiger charge is 2.10. The zero-order chi connectivity index (χ0) is 11.7. The molecule has 0 aromatic carbocycles. The quantitative estimate of drug-likeness (QED) is 0.594.